The number of hydrogen-bond acceptors (Lipinski definition) is 4. The van der Waals surface area contributed by atoms with Crippen molar-refractivity contribution < 1.29 is 4.74 Å². The third-order valence-electron chi connectivity index (χ3n) is 2.51. The summed E-state index contributed by atoms with van der Waals surface area (Å²) in [5.74, 6) is 1.85. The molecule has 1 N–H and O–H groups in total. The first kappa shape index (κ1) is 10.6. The van der Waals surface area contributed by atoms with Crippen molar-refractivity contribution in [1.82, 2.24) is 4.98 Å². The second kappa shape index (κ2) is 4.75. The Morgan fingerprint density at radius 2 is 2.40 bits per heavy atom. The van der Waals surface area contributed by atoms with Crippen molar-refractivity contribution >= 4 is 17.4 Å². The third-order valence-corrected chi connectivity index (χ3v) is 3.87. The lowest BCUT2D eigenvalue weighted by molar-refractivity contribution is 0.398. The molecule has 2 heterocycles. The fourth-order valence-electron chi connectivity index (χ4n) is 1.74. The van der Waals surface area contributed by atoms with E-state index in [1.165, 1.54) is 12.2 Å². The maximum Gasteiger partial charge on any atom is 0.213 e. The van der Waals surface area contributed by atoms with Gasteiger partial charge in [0.25, 0.3) is 0 Å². The Bertz CT molecular complexity index is 315. The van der Waals surface area contributed by atoms with Crippen LogP contribution in [0, 0.1) is 0 Å². The Kier molecular flexibility index (Phi) is 3.36. The van der Waals surface area contributed by atoms with Crippen molar-refractivity contribution in [3.8, 4) is 5.88 Å². The molecular formula is C11H16N2OS. The lowest BCUT2D eigenvalue weighted by Gasteiger charge is -2.12. The van der Waals surface area contributed by atoms with Gasteiger partial charge in [-0.1, -0.05) is 6.92 Å². The summed E-state index contributed by atoms with van der Waals surface area (Å²) in [5, 5.41) is 4.26. The molecule has 1 aromatic heterocycles. The number of pyridine rings is 1. The van der Waals surface area contributed by atoms with Gasteiger partial charge in [-0.15, -0.1) is 0 Å². The highest BCUT2D eigenvalue weighted by atomic mass is 32.2. The Morgan fingerprint density at radius 3 is 2.93 bits per heavy atom. The van der Waals surface area contributed by atoms with Gasteiger partial charge in [0.15, 0.2) is 0 Å². The summed E-state index contributed by atoms with van der Waals surface area (Å²) in [5.41, 5.74) is 1.08. The van der Waals surface area contributed by atoms with E-state index >= 15 is 0 Å². The van der Waals surface area contributed by atoms with Gasteiger partial charge in [0, 0.05) is 23.1 Å². The van der Waals surface area contributed by atoms with Crippen LogP contribution in [0.5, 0.6) is 5.88 Å². The fourth-order valence-corrected chi connectivity index (χ4v) is 2.89. The highest BCUT2D eigenvalue weighted by molar-refractivity contribution is 8.00. The summed E-state index contributed by atoms with van der Waals surface area (Å²) in [6.07, 6.45) is 3.06. The fraction of sp³-hybridized carbons (Fsp3) is 0.545. The van der Waals surface area contributed by atoms with Crippen molar-refractivity contribution in [3.05, 3.63) is 18.3 Å². The molecule has 2 unspecified atom stereocenters. The predicted molar refractivity (Wildman–Crippen MR) is 64.7 cm³/mol. The highest BCUT2D eigenvalue weighted by Gasteiger charge is 2.21. The summed E-state index contributed by atoms with van der Waals surface area (Å²) >= 11 is 2.02. The van der Waals surface area contributed by atoms with Crippen molar-refractivity contribution in [2.24, 2.45) is 0 Å². The molecule has 1 fully saturated rings. The van der Waals surface area contributed by atoms with Gasteiger partial charge in [0.05, 0.1) is 19.0 Å². The molecule has 1 aliphatic heterocycles. The maximum absolute atomic E-state index is 5.01. The molecule has 1 aromatic rings. The van der Waals surface area contributed by atoms with Gasteiger partial charge in [-0.2, -0.15) is 11.8 Å². The minimum absolute atomic E-state index is 0.584. The molecule has 1 saturated heterocycles. The minimum Gasteiger partial charge on any atom is -0.481 e. The van der Waals surface area contributed by atoms with E-state index in [-0.39, 0.29) is 0 Å². The summed E-state index contributed by atoms with van der Waals surface area (Å²) in [4.78, 5) is 4.17. The van der Waals surface area contributed by atoms with E-state index in [0.717, 1.165) is 10.9 Å². The second-order valence-electron chi connectivity index (χ2n) is 3.81. The number of hydrogen-bond donors (Lipinski definition) is 1. The Labute approximate surface area is 94.6 Å². The first-order valence-corrected chi connectivity index (χ1v) is 6.21. The molecule has 0 bridgehead atoms. The van der Waals surface area contributed by atoms with Crippen molar-refractivity contribution in [2.75, 3.05) is 18.2 Å². The van der Waals surface area contributed by atoms with Gasteiger partial charge in [0.2, 0.25) is 5.88 Å². The van der Waals surface area contributed by atoms with Crippen LogP contribution in [-0.2, 0) is 0 Å². The number of ether oxygens (including phenoxy) is 1. The third kappa shape index (κ3) is 2.78. The molecule has 15 heavy (non-hydrogen) atoms. The number of methoxy groups -OCH3 is 1. The largest absolute Gasteiger partial charge is 0.481 e. The highest BCUT2D eigenvalue weighted by Crippen LogP contribution is 2.28. The zero-order valence-corrected chi connectivity index (χ0v) is 9.88. The van der Waals surface area contributed by atoms with Gasteiger partial charge in [0.1, 0.15) is 0 Å². The van der Waals surface area contributed by atoms with Crippen LogP contribution < -0.4 is 10.1 Å². The molecular weight excluding hydrogens is 208 g/mol. The molecule has 2 rings (SSSR count). The van der Waals surface area contributed by atoms with Crippen LogP contribution in [-0.4, -0.2) is 29.1 Å². The van der Waals surface area contributed by atoms with E-state index in [1.807, 2.05) is 30.1 Å². The summed E-state index contributed by atoms with van der Waals surface area (Å²) in [7, 11) is 1.63. The number of aromatic nitrogens is 1. The van der Waals surface area contributed by atoms with Gasteiger partial charge in [-0.25, -0.2) is 4.98 Å². The number of nitrogens with one attached hydrogen (secondary N) is 1. The molecule has 0 radical (unpaired) electrons. The van der Waals surface area contributed by atoms with Gasteiger partial charge in [-0.05, 0) is 12.5 Å². The molecule has 0 amide bonds. The first-order valence-electron chi connectivity index (χ1n) is 5.16. The molecule has 0 aliphatic carbocycles. The van der Waals surface area contributed by atoms with Crippen molar-refractivity contribution in [2.45, 2.75) is 24.6 Å². The second-order valence-corrected chi connectivity index (χ2v) is 5.28. The Hall–Kier alpha value is -0.900. The van der Waals surface area contributed by atoms with Gasteiger partial charge < -0.3 is 10.1 Å². The molecule has 2 atom stereocenters. The Morgan fingerprint density at radius 1 is 1.53 bits per heavy atom. The molecule has 1 aliphatic rings. The van der Waals surface area contributed by atoms with E-state index in [9.17, 15) is 0 Å². The summed E-state index contributed by atoms with van der Waals surface area (Å²) in [6, 6.07) is 4.48. The van der Waals surface area contributed by atoms with E-state index in [1.54, 1.807) is 7.11 Å². The number of anilines is 1. The van der Waals surface area contributed by atoms with Crippen molar-refractivity contribution in [3.63, 3.8) is 0 Å². The monoisotopic (exact) mass is 224 g/mol. The van der Waals surface area contributed by atoms with Crippen LogP contribution in [0.3, 0.4) is 0 Å². The smallest absolute Gasteiger partial charge is 0.213 e. The molecule has 82 valence electrons. The van der Waals surface area contributed by atoms with Gasteiger partial charge in [-0.3, -0.25) is 0 Å². The van der Waals surface area contributed by atoms with Crippen LogP contribution in [0.1, 0.15) is 13.3 Å². The maximum atomic E-state index is 5.01. The topological polar surface area (TPSA) is 34.1 Å². The average Bonchev–Trinajstić information content (AvgIpc) is 2.65. The van der Waals surface area contributed by atoms with Crippen LogP contribution in [0.15, 0.2) is 18.3 Å². The minimum atomic E-state index is 0.584. The lowest BCUT2D eigenvalue weighted by Crippen LogP contribution is -2.18. The molecule has 0 saturated carbocycles. The average molecular weight is 224 g/mol. The van der Waals surface area contributed by atoms with Crippen LogP contribution in [0.2, 0.25) is 0 Å². The van der Waals surface area contributed by atoms with Crippen LogP contribution in [0.25, 0.3) is 0 Å². The Balaban J connectivity index is 1.93. The molecule has 0 aromatic carbocycles. The van der Waals surface area contributed by atoms with E-state index in [2.05, 4.69) is 17.2 Å². The van der Waals surface area contributed by atoms with E-state index < -0.39 is 0 Å². The number of nitrogens with zero attached hydrogens (tertiary/aromatic N) is 1. The number of thioether (sulfide) groups is 1. The summed E-state index contributed by atoms with van der Waals surface area (Å²) in [6.45, 7) is 2.28. The summed E-state index contributed by atoms with van der Waals surface area (Å²) < 4.78 is 5.01. The number of rotatable bonds is 3. The predicted octanol–water partition coefficient (Wildman–Crippen LogP) is 2.40. The lowest BCUT2D eigenvalue weighted by atomic mass is 10.2. The SMILES string of the molecule is COc1ccc(NC2CSC(C)C2)cn1. The van der Waals surface area contributed by atoms with E-state index in [4.69, 9.17) is 4.74 Å². The van der Waals surface area contributed by atoms with Crippen LogP contribution in [0.4, 0.5) is 5.69 Å². The zero-order valence-electron chi connectivity index (χ0n) is 9.06. The molecule has 4 heteroatoms. The molecule has 3 nitrogen and oxygen atoms in total. The zero-order chi connectivity index (χ0) is 10.7. The molecule has 0 spiro atoms. The standard InChI is InChI=1S/C11H16N2OS/c1-8-5-10(7-15-8)13-9-3-4-11(14-2)12-6-9/h3-4,6,8,10,13H,5,7H2,1-2H3. The van der Waals surface area contributed by atoms with Crippen LogP contribution >= 0.6 is 11.8 Å². The normalized spacial score (nSPS) is 25.2. The van der Waals surface area contributed by atoms with Crippen molar-refractivity contribution in [1.29, 1.82) is 0 Å². The first-order chi connectivity index (χ1) is 7.28. The van der Waals surface area contributed by atoms with E-state index in [0.29, 0.717) is 11.9 Å². The van der Waals surface area contributed by atoms with Gasteiger partial charge >= 0.3 is 0 Å². The quantitative estimate of drug-likeness (QED) is 0.855.